The molecule has 4 aromatic carbocycles. The summed E-state index contributed by atoms with van der Waals surface area (Å²) in [4.78, 5) is 31.8. The van der Waals surface area contributed by atoms with E-state index in [4.69, 9.17) is 10.5 Å². The number of para-hydroxylation sites is 1. The summed E-state index contributed by atoms with van der Waals surface area (Å²) in [5.41, 5.74) is 7.02. The average Bonchev–Trinajstić information content (AvgIpc) is 3.27. The maximum absolute atomic E-state index is 15.8. The maximum atomic E-state index is 15.8. The number of hydrogen-bond acceptors (Lipinski definition) is 5. The van der Waals surface area contributed by atoms with Gasteiger partial charge >= 0.3 is 0 Å². The Labute approximate surface area is 256 Å². The molecule has 44 heavy (non-hydrogen) atoms. The molecule has 1 amide bonds. The van der Waals surface area contributed by atoms with Crippen LogP contribution in [0.5, 0.6) is 0 Å². The van der Waals surface area contributed by atoms with Gasteiger partial charge in [-0.2, -0.15) is 5.26 Å². The number of carbonyl (C=O) groups excluding carboxylic acids is 2. The SMILES string of the molecule is CC1(C)CC(=O)C2=C(C1)OC(N)=C(C#N)[C@@]21C(=O)N(C(c2ccccc2)(c2ccccc2)c2ccccc2)c2ccccc21. The van der Waals surface area contributed by atoms with Crippen LogP contribution < -0.4 is 10.6 Å². The third kappa shape index (κ3) is 3.59. The number of nitriles is 1. The molecule has 0 fully saturated rings. The second-order valence-corrected chi connectivity index (χ2v) is 12.4. The predicted octanol–water partition coefficient (Wildman–Crippen LogP) is 6.63. The van der Waals surface area contributed by atoms with Crippen LogP contribution in [0, 0.1) is 16.7 Å². The predicted molar refractivity (Wildman–Crippen MR) is 168 cm³/mol. The highest BCUT2D eigenvalue weighted by atomic mass is 16.5. The van der Waals surface area contributed by atoms with Crippen LogP contribution in [0.3, 0.4) is 0 Å². The van der Waals surface area contributed by atoms with Crippen LogP contribution in [0.4, 0.5) is 5.69 Å². The molecule has 1 aliphatic carbocycles. The first-order valence-corrected chi connectivity index (χ1v) is 14.7. The third-order valence-electron chi connectivity index (χ3n) is 9.16. The lowest BCUT2D eigenvalue weighted by molar-refractivity contribution is -0.126. The van der Waals surface area contributed by atoms with Gasteiger partial charge in [0.15, 0.2) is 5.78 Å². The van der Waals surface area contributed by atoms with Crippen LogP contribution in [0.15, 0.2) is 138 Å². The number of ether oxygens (including phenoxy) is 1. The fraction of sp³-hybridized carbons (Fsp3) is 0.184. The Bertz CT molecular complexity index is 1820. The number of hydrogen-bond donors (Lipinski definition) is 1. The summed E-state index contributed by atoms with van der Waals surface area (Å²) in [6, 6.07) is 39.3. The molecule has 0 saturated carbocycles. The summed E-state index contributed by atoms with van der Waals surface area (Å²) in [7, 11) is 0. The van der Waals surface area contributed by atoms with Crippen LogP contribution >= 0.6 is 0 Å². The van der Waals surface area contributed by atoms with Crippen molar-refractivity contribution in [1.82, 2.24) is 0 Å². The van der Waals surface area contributed by atoms with E-state index >= 15 is 4.79 Å². The van der Waals surface area contributed by atoms with Gasteiger partial charge in [0.05, 0.1) is 11.3 Å². The van der Waals surface area contributed by atoms with E-state index in [1.807, 2.05) is 129 Å². The van der Waals surface area contributed by atoms with E-state index in [0.717, 1.165) is 16.7 Å². The van der Waals surface area contributed by atoms with Crippen LogP contribution in [0.2, 0.25) is 0 Å². The topological polar surface area (TPSA) is 96.4 Å². The van der Waals surface area contributed by atoms with E-state index in [9.17, 15) is 10.1 Å². The number of nitrogens with two attached hydrogens (primary N) is 1. The molecular formula is C38H31N3O3. The van der Waals surface area contributed by atoms with Crippen molar-refractivity contribution in [3.05, 3.63) is 160 Å². The Balaban J connectivity index is 1.64. The van der Waals surface area contributed by atoms with Crippen molar-refractivity contribution in [2.75, 3.05) is 4.90 Å². The molecule has 1 spiro atoms. The molecule has 0 aromatic heterocycles. The van der Waals surface area contributed by atoms with E-state index in [-0.39, 0.29) is 29.2 Å². The minimum absolute atomic E-state index is 0.0626. The molecule has 7 rings (SSSR count). The molecule has 0 unspecified atom stereocenters. The quantitative estimate of drug-likeness (QED) is 0.275. The Morgan fingerprint density at radius 3 is 1.80 bits per heavy atom. The maximum Gasteiger partial charge on any atom is 0.249 e. The summed E-state index contributed by atoms with van der Waals surface area (Å²) in [5.74, 6) is -0.422. The lowest BCUT2D eigenvalue weighted by atomic mass is 9.62. The van der Waals surface area contributed by atoms with Crippen molar-refractivity contribution < 1.29 is 14.3 Å². The molecule has 2 aliphatic heterocycles. The van der Waals surface area contributed by atoms with Gasteiger partial charge in [-0.1, -0.05) is 123 Å². The molecule has 0 radical (unpaired) electrons. The van der Waals surface area contributed by atoms with E-state index in [1.165, 1.54) is 0 Å². The molecular weight excluding hydrogens is 546 g/mol. The standard InChI is InChI=1S/C38H31N3O3/c1-36(2)22-31(42)33-32(23-36)44-34(40)29(24-39)37(33)28-20-12-13-21-30(28)41(35(37)43)38(25-14-6-3-7-15-25,26-16-8-4-9-17-26)27-18-10-5-11-19-27/h3-21H,22-23,40H2,1-2H3/t37-/m1/s1. The second-order valence-electron chi connectivity index (χ2n) is 12.4. The second kappa shape index (κ2) is 9.82. The number of fused-ring (bicyclic) bond motifs is 3. The van der Waals surface area contributed by atoms with Gasteiger partial charge < -0.3 is 10.5 Å². The lowest BCUT2D eigenvalue weighted by Crippen LogP contribution is -2.56. The molecule has 4 aromatic rings. The summed E-state index contributed by atoms with van der Waals surface area (Å²) in [6.45, 7) is 3.98. The van der Waals surface area contributed by atoms with E-state index in [0.29, 0.717) is 23.4 Å². The number of rotatable bonds is 4. The number of anilines is 1. The van der Waals surface area contributed by atoms with Crippen LogP contribution in [0.1, 0.15) is 48.9 Å². The van der Waals surface area contributed by atoms with E-state index < -0.39 is 22.3 Å². The number of nitrogens with zero attached hydrogens (tertiary/aromatic N) is 2. The highest BCUT2D eigenvalue weighted by Crippen LogP contribution is 2.61. The number of ketones is 1. The zero-order chi connectivity index (χ0) is 30.7. The first kappa shape index (κ1) is 27.4. The average molecular weight is 578 g/mol. The minimum atomic E-state index is -1.76. The van der Waals surface area contributed by atoms with Gasteiger partial charge in [-0.25, -0.2) is 0 Å². The smallest absolute Gasteiger partial charge is 0.249 e. The molecule has 3 aliphatic rings. The highest BCUT2D eigenvalue weighted by molar-refractivity contribution is 6.21. The first-order valence-electron chi connectivity index (χ1n) is 14.7. The van der Waals surface area contributed by atoms with E-state index in [2.05, 4.69) is 6.07 Å². The van der Waals surface area contributed by atoms with Crippen LogP contribution in [-0.2, 0) is 25.3 Å². The van der Waals surface area contributed by atoms with Crippen LogP contribution in [0.25, 0.3) is 0 Å². The van der Waals surface area contributed by atoms with Gasteiger partial charge in [-0.15, -0.1) is 0 Å². The zero-order valence-corrected chi connectivity index (χ0v) is 24.6. The van der Waals surface area contributed by atoms with Gasteiger partial charge in [0.1, 0.15) is 28.4 Å². The molecule has 2 heterocycles. The number of amides is 1. The van der Waals surface area contributed by atoms with Gasteiger partial charge in [0, 0.05) is 18.4 Å². The van der Waals surface area contributed by atoms with E-state index in [1.54, 1.807) is 4.90 Å². The molecule has 1 atom stereocenters. The molecule has 0 bridgehead atoms. The van der Waals surface area contributed by atoms with Gasteiger partial charge in [0.25, 0.3) is 0 Å². The van der Waals surface area contributed by atoms with Crippen molar-refractivity contribution in [2.45, 2.75) is 37.6 Å². The number of benzene rings is 4. The van der Waals surface area contributed by atoms with Crippen LogP contribution in [-0.4, -0.2) is 11.7 Å². The Morgan fingerprint density at radius 2 is 1.27 bits per heavy atom. The highest BCUT2D eigenvalue weighted by Gasteiger charge is 2.66. The summed E-state index contributed by atoms with van der Waals surface area (Å²) < 4.78 is 6.05. The fourth-order valence-corrected chi connectivity index (χ4v) is 7.52. The molecule has 6 nitrogen and oxygen atoms in total. The number of Topliss-reactive ketones (excluding diaryl/α,β-unsaturated/α-hetero) is 1. The normalized spacial score (nSPS) is 20.7. The summed E-state index contributed by atoms with van der Waals surface area (Å²) in [5, 5.41) is 10.7. The number of carbonyl (C=O) groups is 2. The molecule has 6 heteroatoms. The van der Waals surface area contributed by atoms with Crippen molar-refractivity contribution in [3.63, 3.8) is 0 Å². The van der Waals surface area contributed by atoms with Crippen molar-refractivity contribution in [2.24, 2.45) is 11.1 Å². The Hall–Kier alpha value is -5.41. The Kier molecular flexibility index (Phi) is 6.12. The first-order chi connectivity index (χ1) is 21.3. The molecule has 216 valence electrons. The molecule has 2 N–H and O–H groups in total. The monoisotopic (exact) mass is 577 g/mol. The van der Waals surface area contributed by atoms with Gasteiger partial charge in [-0.05, 0) is 28.2 Å². The summed E-state index contributed by atoms with van der Waals surface area (Å²) in [6.07, 6.45) is 0.623. The van der Waals surface area contributed by atoms with Crippen molar-refractivity contribution in [3.8, 4) is 6.07 Å². The number of allylic oxidation sites excluding steroid dienone is 1. The summed E-state index contributed by atoms with van der Waals surface area (Å²) >= 11 is 0. The van der Waals surface area contributed by atoms with Gasteiger partial charge in [-0.3, -0.25) is 14.5 Å². The van der Waals surface area contributed by atoms with Crippen molar-refractivity contribution >= 4 is 17.4 Å². The lowest BCUT2D eigenvalue weighted by Gasteiger charge is -2.46. The minimum Gasteiger partial charge on any atom is -0.444 e. The third-order valence-corrected chi connectivity index (χ3v) is 9.16. The molecule has 0 saturated heterocycles. The zero-order valence-electron chi connectivity index (χ0n) is 24.6. The fourth-order valence-electron chi connectivity index (χ4n) is 7.52. The van der Waals surface area contributed by atoms with Gasteiger partial charge in [0.2, 0.25) is 11.8 Å². The largest absolute Gasteiger partial charge is 0.444 e. The van der Waals surface area contributed by atoms with Crippen molar-refractivity contribution in [1.29, 1.82) is 5.26 Å². The Morgan fingerprint density at radius 1 is 0.773 bits per heavy atom.